The Kier molecular flexibility index (Phi) is 24.6. The molecule has 2 aliphatic heterocycles. The molecule has 2 saturated heterocycles. The highest BCUT2D eigenvalue weighted by molar-refractivity contribution is 7.80. The van der Waals surface area contributed by atoms with Crippen LogP contribution >= 0.6 is 12.2 Å². The number of benzene rings is 1. The van der Waals surface area contributed by atoms with E-state index < -0.39 is 96.3 Å². The van der Waals surface area contributed by atoms with Gasteiger partial charge in [0.2, 0.25) is 0 Å². The summed E-state index contributed by atoms with van der Waals surface area (Å²) < 4.78 is 42.8. The predicted molar refractivity (Wildman–Crippen MR) is 266 cm³/mol. The number of anilines is 1. The summed E-state index contributed by atoms with van der Waals surface area (Å²) in [4.78, 5) is 30.6. The van der Waals surface area contributed by atoms with Crippen molar-refractivity contribution >= 4 is 35.0 Å². The summed E-state index contributed by atoms with van der Waals surface area (Å²) in [6.45, 7) is 20.8. The SMILES string of the molecule is CCOC(=O)c1ccc(NC(=S)NCCCN2C[C@H](C)C[C@@](C)(O)[C@H](O[C@@H]3O[C@H](C)C[C@H](N(C)C)[C@H]3O)[C@@H](C)[C@H](O[C@@H](CCOC)O[C@@H](C)[C@@H](C)O)[C@@H](C)C(=O)O[C@H](CC)[C@@](C)(O)[C@H](O)[C@H]2C)cc1. The second-order valence-electron chi connectivity index (χ2n) is 20.1. The number of thiocarbonyl (C=S) groups is 1. The number of likely N-dealkylation sites (N-methyl/N-ethyl adjacent to an activating group) is 1. The van der Waals surface area contributed by atoms with Gasteiger partial charge in [-0.3, -0.25) is 9.69 Å². The molecule has 3 rings (SSSR count). The fourth-order valence-corrected chi connectivity index (χ4v) is 9.82. The maximum Gasteiger partial charge on any atom is 0.338 e. The second-order valence-corrected chi connectivity index (χ2v) is 20.5. The van der Waals surface area contributed by atoms with Crippen LogP contribution in [0.25, 0.3) is 0 Å². The van der Waals surface area contributed by atoms with Gasteiger partial charge in [0.05, 0.1) is 60.8 Å². The number of hydrogen-bond donors (Lipinski definition) is 7. The Morgan fingerprint density at radius 3 is 2.29 bits per heavy atom. The number of aliphatic hydroxyl groups excluding tert-OH is 3. The number of carbonyl (C=O) groups is 2. The third kappa shape index (κ3) is 17.5. The molecule has 2 fully saturated rings. The summed E-state index contributed by atoms with van der Waals surface area (Å²) in [7, 11) is 5.29. The van der Waals surface area contributed by atoms with Gasteiger partial charge in [-0.1, -0.05) is 20.8 Å². The van der Waals surface area contributed by atoms with E-state index in [4.69, 9.17) is 45.4 Å². The van der Waals surface area contributed by atoms with Gasteiger partial charge in [0, 0.05) is 56.9 Å². The molecule has 1 aromatic rings. The monoisotopic (exact) mass is 1000 g/mol. The highest BCUT2D eigenvalue weighted by Crippen LogP contribution is 2.38. The van der Waals surface area contributed by atoms with Crippen LogP contribution in [0.4, 0.5) is 5.69 Å². The molecule has 18 nitrogen and oxygen atoms in total. The summed E-state index contributed by atoms with van der Waals surface area (Å²) in [6, 6.07) is 5.79. The Morgan fingerprint density at radius 2 is 1.71 bits per heavy atom. The van der Waals surface area contributed by atoms with Crippen LogP contribution in [0.2, 0.25) is 0 Å². The summed E-state index contributed by atoms with van der Waals surface area (Å²) in [5, 5.41) is 66.1. The number of methoxy groups -OCH3 is 1. The molecule has 0 saturated carbocycles. The number of carbonyl (C=O) groups excluding carboxylic acids is 2. The van der Waals surface area contributed by atoms with Crippen LogP contribution in [-0.4, -0.2) is 191 Å². The first-order valence-corrected chi connectivity index (χ1v) is 25.2. The van der Waals surface area contributed by atoms with Crippen molar-refractivity contribution in [2.75, 3.05) is 59.4 Å². The zero-order valence-corrected chi connectivity index (χ0v) is 44.6. The normalized spacial score (nSPS) is 34.7. The van der Waals surface area contributed by atoms with Gasteiger partial charge >= 0.3 is 11.9 Å². The van der Waals surface area contributed by atoms with Gasteiger partial charge in [-0.25, -0.2) is 4.79 Å². The Bertz CT molecular complexity index is 1710. The van der Waals surface area contributed by atoms with Gasteiger partial charge in [0.1, 0.15) is 23.9 Å². The van der Waals surface area contributed by atoms with E-state index in [0.29, 0.717) is 48.8 Å². The number of rotatable bonds is 19. The van der Waals surface area contributed by atoms with Gasteiger partial charge in [-0.05, 0) is 138 Å². The molecule has 0 unspecified atom stereocenters. The summed E-state index contributed by atoms with van der Waals surface area (Å²) >= 11 is 5.58. The molecular formula is C50H88N4O14S. The van der Waals surface area contributed by atoms with Gasteiger partial charge in [-0.15, -0.1) is 0 Å². The number of cyclic esters (lactones) is 1. The minimum atomic E-state index is -1.91. The van der Waals surface area contributed by atoms with Crippen molar-refractivity contribution in [1.82, 2.24) is 15.1 Å². The fraction of sp³-hybridized carbons (Fsp3) is 0.820. The molecule has 69 heavy (non-hydrogen) atoms. The van der Waals surface area contributed by atoms with Crippen LogP contribution in [0.15, 0.2) is 24.3 Å². The number of aliphatic hydroxyl groups is 5. The number of nitrogens with one attached hydrogen (secondary N) is 2. The molecule has 0 amide bonds. The van der Waals surface area contributed by atoms with E-state index in [1.807, 2.05) is 44.7 Å². The van der Waals surface area contributed by atoms with Crippen LogP contribution in [-0.2, 0) is 38.0 Å². The lowest BCUT2D eigenvalue weighted by atomic mass is 9.77. The average Bonchev–Trinajstić information content (AvgIpc) is 3.28. The lowest BCUT2D eigenvalue weighted by Crippen LogP contribution is -2.59. The lowest BCUT2D eigenvalue weighted by molar-refractivity contribution is -0.306. The van der Waals surface area contributed by atoms with Crippen molar-refractivity contribution in [3.8, 4) is 0 Å². The molecule has 19 heteroatoms. The van der Waals surface area contributed by atoms with Gasteiger partial charge < -0.3 is 74.2 Å². The summed E-state index contributed by atoms with van der Waals surface area (Å²) in [5.74, 6) is -3.29. The summed E-state index contributed by atoms with van der Waals surface area (Å²) in [6.07, 6.45) is -8.21. The van der Waals surface area contributed by atoms with Gasteiger partial charge in [0.15, 0.2) is 17.7 Å². The molecule has 0 radical (unpaired) electrons. The molecule has 2 aliphatic rings. The van der Waals surface area contributed by atoms with Crippen LogP contribution in [0.1, 0.15) is 119 Å². The third-order valence-electron chi connectivity index (χ3n) is 13.7. The lowest BCUT2D eigenvalue weighted by Gasteiger charge is -2.47. The zero-order valence-electron chi connectivity index (χ0n) is 43.8. The Hall–Kier alpha value is -2.63. The van der Waals surface area contributed by atoms with Gasteiger partial charge in [0.25, 0.3) is 0 Å². The van der Waals surface area contributed by atoms with E-state index in [0.717, 1.165) is 0 Å². The quantitative estimate of drug-likeness (QED) is 0.0448. The van der Waals surface area contributed by atoms with Crippen molar-refractivity contribution in [3.05, 3.63) is 29.8 Å². The number of esters is 2. The molecule has 17 atom stereocenters. The highest BCUT2D eigenvalue weighted by atomic mass is 32.1. The van der Waals surface area contributed by atoms with Crippen LogP contribution in [0, 0.1) is 17.8 Å². The minimum Gasteiger partial charge on any atom is -0.462 e. The molecule has 7 N–H and O–H groups in total. The van der Waals surface area contributed by atoms with E-state index >= 15 is 0 Å². The van der Waals surface area contributed by atoms with Crippen LogP contribution in [0.5, 0.6) is 0 Å². The molecular weight excluding hydrogens is 913 g/mol. The maximum atomic E-state index is 14.6. The summed E-state index contributed by atoms with van der Waals surface area (Å²) in [5.41, 5.74) is -2.46. The van der Waals surface area contributed by atoms with E-state index in [1.165, 1.54) is 14.0 Å². The largest absolute Gasteiger partial charge is 0.462 e. The first kappa shape index (κ1) is 60.7. The first-order chi connectivity index (χ1) is 32.3. The maximum absolute atomic E-state index is 14.6. The van der Waals surface area contributed by atoms with Crippen molar-refractivity contribution in [2.24, 2.45) is 17.8 Å². The van der Waals surface area contributed by atoms with Crippen molar-refractivity contribution < 1.29 is 68.3 Å². The standard InChI is InChI=1S/C50H88N4O14S/c1-15-39-50(11,61)43(57)33(7)54(24-17-23-51-48(69)52-37-20-18-36(19-21-37)46(59)63-16-2)28-29(3)27-49(10,60)44(68-47-41(56)38(53(12)13)26-30(4)64-47)31(5)42(32(6)45(58)66-39)67-40(22-25-62-14)65-35(9)34(8)55/h18-21,29-35,38-44,47,55-57,60-61H,15-17,22-28H2,1-14H3,(H2,51,52,69)/t29-,30-,31+,32-,33-,34-,35+,38+,39-,40+,41-,42+,43-,44-,47+,49-,50-/m1/s1. The Morgan fingerprint density at radius 1 is 1.06 bits per heavy atom. The van der Waals surface area contributed by atoms with Gasteiger partial charge in [-0.2, -0.15) is 0 Å². The molecule has 0 aliphatic carbocycles. The topological polar surface area (TPSA) is 230 Å². The molecule has 0 aromatic heterocycles. The van der Waals surface area contributed by atoms with E-state index in [9.17, 15) is 35.1 Å². The molecule has 1 aromatic carbocycles. The number of nitrogens with zero attached hydrogens (tertiary/aromatic N) is 2. The smallest absolute Gasteiger partial charge is 0.338 e. The first-order valence-electron chi connectivity index (χ1n) is 24.8. The van der Waals surface area contributed by atoms with Crippen molar-refractivity contribution in [3.63, 3.8) is 0 Å². The van der Waals surface area contributed by atoms with Crippen molar-refractivity contribution in [2.45, 2.75) is 193 Å². The van der Waals surface area contributed by atoms with E-state index in [2.05, 4.69) is 10.6 Å². The predicted octanol–water partition coefficient (Wildman–Crippen LogP) is 4.07. The third-order valence-corrected chi connectivity index (χ3v) is 14.0. The Balaban J connectivity index is 2.06. The van der Waals surface area contributed by atoms with E-state index in [-0.39, 0.29) is 50.5 Å². The van der Waals surface area contributed by atoms with Crippen molar-refractivity contribution in [1.29, 1.82) is 0 Å². The molecule has 0 spiro atoms. The highest BCUT2D eigenvalue weighted by Gasteiger charge is 2.51. The second kappa shape index (κ2) is 28.0. The van der Waals surface area contributed by atoms with E-state index in [1.54, 1.807) is 72.7 Å². The molecule has 398 valence electrons. The number of ether oxygens (including phenoxy) is 7. The molecule has 0 bridgehead atoms. The minimum absolute atomic E-state index is 0.153. The zero-order chi connectivity index (χ0) is 52.0. The Labute approximate surface area is 417 Å². The molecule has 2 heterocycles. The average molecular weight is 1000 g/mol. The number of hydrogen-bond acceptors (Lipinski definition) is 17. The van der Waals surface area contributed by atoms with Crippen LogP contribution < -0.4 is 10.6 Å². The van der Waals surface area contributed by atoms with Crippen LogP contribution in [0.3, 0.4) is 0 Å². The fourth-order valence-electron chi connectivity index (χ4n) is 9.60.